The number of fused-ring (bicyclic) bond motifs is 1. The number of amides is 1. The van der Waals surface area contributed by atoms with E-state index in [-0.39, 0.29) is 0 Å². The van der Waals surface area contributed by atoms with Crippen molar-refractivity contribution in [1.29, 1.82) is 0 Å². The minimum Gasteiger partial charge on any atom is -0.465 e. The lowest BCUT2D eigenvalue weighted by Crippen LogP contribution is -2.33. The summed E-state index contributed by atoms with van der Waals surface area (Å²) in [5, 5.41) is 15.8. The van der Waals surface area contributed by atoms with Gasteiger partial charge in [-0.2, -0.15) is 0 Å². The number of nitrogens with one attached hydrogen (secondary N) is 2. The quantitative estimate of drug-likeness (QED) is 0.633. The first-order chi connectivity index (χ1) is 11.5. The minimum absolute atomic E-state index is 0.345. The average molecular weight is 393 g/mol. The molecule has 24 heavy (non-hydrogen) atoms. The van der Waals surface area contributed by atoms with Crippen molar-refractivity contribution in [2.75, 3.05) is 17.6 Å². The molecule has 1 saturated carbocycles. The van der Waals surface area contributed by atoms with Crippen molar-refractivity contribution in [2.24, 2.45) is 5.92 Å². The summed E-state index contributed by atoms with van der Waals surface area (Å²) in [5.74, 6) is 0.417. The molecule has 128 valence electrons. The standard InChI is InChI=1S/C17H21BrN4O2/c18-11-3-6-15-13(7-11)16(14(19)9-20-15)22-12-4-1-10(2-5-12)8-21-17(23)24/h3,6-7,9-10,12,21H,1-2,4-5,8,19H2,(H,20,22)(H,23,24)/t10-,12-. The molecule has 1 aliphatic rings. The predicted molar refractivity (Wildman–Crippen MR) is 99.3 cm³/mol. The lowest BCUT2D eigenvalue weighted by atomic mass is 9.86. The largest absolute Gasteiger partial charge is 0.465 e. The number of rotatable bonds is 4. The van der Waals surface area contributed by atoms with Gasteiger partial charge in [0.05, 0.1) is 23.1 Å². The van der Waals surface area contributed by atoms with Gasteiger partial charge in [-0.25, -0.2) is 4.79 Å². The number of nitrogens with zero attached hydrogens (tertiary/aromatic N) is 1. The summed E-state index contributed by atoms with van der Waals surface area (Å²) in [6, 6.07) is 6.32. The molecule has 0 saturated heterocycles. The van der Waals surface area contributed by atoms with E-state index < -0.39 is 6.09 Å². The molecule has 5 N–H and O–H groups in total. The predicted octanol–water partition coefficient (Wildman–Crippen LogP) is 3.82. The molecule has 1 heterocycles. The van der Waals surface area contributed by atoms with Gasteiger partial charge in [0.2, 0.25) is 0 Å². The zero-order valence-electron chi connectivity index (χ0n) is 13.3. The number of pyridine rings is 1. The van der Waals surface area contributed by atoms with Crippen LogP contribution in [0.1, 0.15) is 25.7 Å². The van der Waals surface area contributed by atoms with Crippen LogP contribution in [0.4, 0.5) is 16.2 Å². The molecule has 0 spiro atoms. The van der Waals surface area contributed by atoms with Gasteiger partial charge in [0.1, 0.15) is 0 Å². The first kappa shape index (κ1) is 16.8. The van der Waals surface area contributed by atoms with Gasteiger partial charge in [-0.05, 0) is 49.8 Å². The van der Waals surface area contributed by atoms with Gasteiger partial charge in [-0.1, -0.05) is 15.9 Å². The summed E-state index contributed by atoms with van der Waals surface area (Å²) in [6.07, 6.45) is 4.76. The topological polar surface area (TPSA) is 100 Å². The number of carboxylic acid groups (broad SMARTS) is 1. The molecule has 3 rings (SSSR count). The second-order valence-corrected chi connectivity index (χ2v) is 7.21. The number of anilines is 2. The summed E-state index contributed by atoms with van der Waals surface area (Å²) >= 11 is 3.50. The number of halogens is 1. The smallest absolute Gasteiger partial charge is 0.404 e. The van der Waals surface area contributed by atoms with E-state index in [2.05, 4.69) is 31.5 Å². The Kier molecular flexibility index (Phi) is 5.08. The number of nitrogen functional groups attached to an aromatic ring is 1. The van der Waals surface area contributed by atoms with E-state index in [4.69, 9.17) is 10.8 Å². The minimum atomic E-state index is -0.947. The molecule has 2 aromatic rings. The highest BCUT2D eigenvalue weighted by Crippen LogP contribution is 2.33. The van der Waals surface area contributed by atoms with Crippen molar-refractivity contribution in [3.05, 3.63) is 28.9 Å². The molecule has 0 radical (unpaired) electrons. The summed E-state index contributed by atoms with van der Waals surface area (Å²) in [5.41, 5.74) is 8.64. The fraction of sp³-hybridized carbons (Fsp3) is 0.412. The Bertz CT molecular complexity index is 739. The van der Waals surface area contributed by atoms with Gasteiger partial charge >= 0.3 is 6.09 Å². The van der Waals surface area contributed by atoms with E-state index in [1.165, 1.54) is 0 Å². The number of nitrogens with two attached hydrogens (primary N) is 1. The first-order valence-corrected chi connectivity index (χ1v) is 8.89. The summed E-state index contributed by atoms with van der Waals surface area (Å²) in [6.45, 7) is 0.537. The Hall–Kier alpha value is -2.02. The summed E-state index contributed by atoms with van der Waals surface area (Å²) < 4.78 is 0.994. The molecule has 1 aliphatic carbocycles. The third-order valence-corrected chi connectivity index (χ3v) is 5.09. The molecule has 1 aromatic heterocycles. The monoisotopic (exact) mass is 392 g/mol. The van der Waals surface area contributed by atoms with Crippen molar-refractivity contribution in [2.45, 2.75) is 31.7 Å². The first-order valence-electron chi connectivity index (χ1n) is 8.10. The fourth-order valence-corrected chi connectivity index (χ4v) is 3.65. The van der Waals surface area contributed by atoms with E-state index in [0.717, 1.165) is 46.7 Å². The Morgan fingerprint density at radius 3 is 2.79 bits per heavy atom. The van der Waals surface area contributed by atoms with E-state index >= 15 is 0 Å². The Balaban J connectivity index is 1.69. The van der Waals surface area contributed by atoms with Crippen molar-refractivity contribution >= 4 is 44.3 Å². The molecule has 1 fully saturated rings. The molecule has 1 aromatic carbocycles. The SMILES string of the molecule is Nc1cnc2ccc(Br)cc2c1N[C@H]1CC[C@H](CNC(=O)O)CC1. The van der Waals surface area contributed by atoms with Gasteiger partial charge in [0, 0.05) is 22.4 Å². The van der Waals surface area contributed by atoms with Crippen LogP contribution in [0.2, 0.25) is 0 Å². The zero-order chi connectivity index (χ0) is 17.1. The van der Waals surface area contributed by atoms with Gasteiger partial charge < -0.3 is 21.5 Å². The third kappa shape index (κ3) is 3.90. The van der Waals surface area contributed by atoms with Crippen LogP contribution in [0.15, 0.2) is 28.9 Å². The molecular formula is C17H21BrN4O2. The van der Waals surface area contributed by atoms with Crippen LogP contribution >= 0.6 is 15.9 Å². The highest BCUT2D eigenvalue weighted by molar-refractivity contribution is 9.10. The molecule has 1 amide bonds. The Morgan fingerprint density at radius 2 is 2.08 bits per heavy atom. The summed E-state index contributed by atoms with van der Waals surface area (Å²) in [4.78, 5) is 15.0. The van der Waals surface area contributed by atoms with E-state index in [1.807, 2.05) is 18.2 Å². The average Bonchev–Trinajstić information content (AvgIpc) is 2.57. The number of benzene rings is 1. The van der Waals surface area contributed by atoms with Crippen LogP contribution in [0.3, 0.4) is 0 Å². The number of hydrogen-bond acceptors (Lipinski definition) is 4. The van der Waals surface area contributed by atoms with Crippen LogP contribution in [0, 0.1) is 5.92 Å². The van der Waals surface area contributed by atoms with E-state index in [9.17, 15) is 4.79 Å². The van der Waals surface area contributed by atoms with Gasteiger partial charge in [-0.3, -0.25) is 4.98 Å². The van der Waals surface area contributed by atoms with Crippen molar-refractivity contribution < 1.29 is 9.90 Å². The lowest BCUT2D eigenvalue weighted by Gasteiger charge is -2.30. The summed E-state index contributed by atoms with van der Waals surface area (Å²) in [7, 11) is 0. The van der Waals surface area contributed by atoms with Crippen molar-refractivity contribution in [3.63, 3.8) is 0 Å². The number of hydrogen-bond donors (Lipinski definition) is 4. The van der Waals surface area contributed by atoms with Crippen molar-refractivity contribution in [1.82, 2.24) is 10.3 Å². The maximum atomic E-state index is 10.6. The fourth-order valence-electron chi connectivity index (χ4n) is 3.29. The molecule has 0 aliphatic heterocycles. The van der Waals surface area contributed by atoms with Gasteiger partial charge in [0.25, 0.3) is 0 Å². The van der Waals surface area contributed by atoms with Crippen LogP contribution in [0.25, 0.3) is 10.9 Å². The van der Waals surface area contributed by atoms with Crippen molar-refractivity contribution in [3.8, 4) is 0 Å². The third-order valence-electron chi connectivity index (χ3n) is 4.60. The normalized spacial score (nSPS) is 20.7. The molecule has 0 unspecified atom stereocenters. The Labute approximate surface area is 149 Å². The highest BCUT2D eigenvalue weighted by atomic mass is 79.9. The van der Waals surface area contributed by atoms with Crippen LogP contribution in [0.5, 0.6) is 0 Å². The number of aromatic nitrogens is 1. The number of carbonyl (C=O) groups is 1. The zero-order valence-corrected chi connectivity index (χ0v) is 14.8. The van der Waals surface area contributed by atoms with Crippen LogP contribution in [-0.2, 0) is 0 Å². The molecular weight excluding hydrogens is 372 g/mol. The van der Waals surface area contributed by atoms with Crippen LogP contribution < -0.4 is 16.4 Å². The molecule has 7 heteroatoms. The maximum absolute atomic E-state index is 10.6. The second kappa shape index (κ2) is 7.25. The highest BCUT2D eigenvalue weighted by Gasteiger charge is 2.22. The van der Waals surface area contributed by atoms with Gasteiger partial charge in [-0.15, -0.1) is 0 Å². The molecule has 0 bridgehead atoms. The molecule has 6 nitrogen and oxygen atoms in total. The van der Waals surface area contributed by atoms with Gasteiger partial charge in [0.15, 0.2) is 0 Å². The second-order valence-electron chi connectivity index (χ2n) is 6.30. The van der Waals surface area contributed by atoms with E-state index in [1.54, 1.807) is 6.20 Å². The molecule has 0 atom stereocenters. The Morgan fingerprint density at radius 1 is 1.33 bits per heavy atom. The van der Waals surface area contributed by atoms with E-state index in [0.29, 0.717) is 24.2 Å². The maximum Gasteiger partial charge on any atom is 0.404 e. The lowest BCUT2D eigenvalue weighted by molar-refractivity contribution is 0.190. The van der Waals surface area contributed by atoms with Crippen LogP contribution in [-0.4, -0.2) is 28.8 Å².